The van der Waals surface area contributed by atoms with Crippen LogP contribution in [0.2, 0.25) is 0 Å². The fraction of sp³-hybridized carbons (Fsp3) is 0.231. The van der Waals surface area contributed by atoms with Crippen molar-refractivity contribution in [2.24, 2.45) is 0 Å². The molecule has 2 aromatic carbocycles. The number of nitrogens with zero attached hydrogens (tertiary/aromatic N) is 1. The van der Waals surface area contributed by atoms with E-state index in [1.807, 2.05) is 24.3 Å². The lowest BCUT2D eigenvalue weighted by molar-refractivity contribution is -0.140. The number of likely N-dealkylation sites (tertiary alicyclic amines) is 1. The third-order valence-corrected chi connectivity index (χ3v) is 6.06. The van der Waals surface area contributed by atoms with E-state index in [0.29, 0.717) is 29.2 Å². The monoisotopic (exact) mass is 509 g/mol. The van der Waals surface area contributed by atoms with Gasteiger partial charge in [0.1, 0.15) is 17.3 Å². The summed E-state index contributed by atoms with van der Waals surface area (Å²) in [5, 5.41) is 11.1. The number of hydrogen-bond donors (Lipinski definition) is 1. The topological polar surface area (TPSA) is 80.0 Å². The van der Waals surface area contributed by atoms with Gasteiger partial charge in [-0.2, -0.15) is 0 Å². The first-order valence-corrected chi connectivity index (χ1v) is 11.6. The summed E-state index contributed by atoms with van der Waals surface area (Å²) in [7, 11) is 0. The van der Waals surface area contributed by atoms with Gasteiger partial charge >= 0.3 is 0 Å². The lowest BCUT2D eigenvalue weighted by atomic mass is 9.95. The zero-order valence-corrected chi connectivity index (χ0v) is 19.7. The molecule has 1 saturated heterocycles. The van der Waals surface area contributed by atoms with Crippen molar-refractivity contribution in [3.05, 3.63) is 93.9 Å². The van der Waals surface area contributed by atoms with Crippen LogP contribution >= 0.6 is 15.9 Å². The van der Waals surface area contributed by atoms with Crippen LogP contribution in [0, 0.1) is 0 Å². The van der Waals surface area contributed by atoms with Crippen molar-refractivity contribution in [1.82, 2.24) is 4.90 Å². The minimum Gasteiger partial charge on any atom is -0.507 e. The number of carbonyl (C=O) groups excluding carboxylic acids is 2. The number of ketones is 1. The van der Waals surface area contributed by atoms with Gasteiger partial charge in [0.25, 0.3) is 11.7 Å². The number of ether oxygens (including phenoxy) is 1. The third-order valence-electron chi connectivity index (χ3n) is 5.53. The molecule has 1 aliphatic rings. The number of halogens is 1. The molecule has 1 unspecified atom stereocenters. The zero-order valence-electron chi connectivity index (χ0n) is 18.2. The number of aliphatic hydroxyl groups is 1. The summed E-state index contributed by atoms with van der Waals surface area (Å²) in [4.78, 5) is 27.5. The zero-order chi connectivity index (χ0) is 23.4. The van der Waals surface area contributed by atoms with Crippen LogP contribution in [0.25, 0.3) is 5.76 Å². The van der Waals surface area contributed by atoms with Crippen molar-refractivity contribution in [2.45, 2.75) is 32.4 Å². The highest BCUT2D eigenvalue weighted by Gasteiger charge is 2.46. The normalized spacial score (nSPS) is 17.5. The maximum atomic E-state index is 13.1. The van der Waals surface area contributed by atoms with Gasteiger partial charge in [-0.1, -0.05) is 53.5 Å². The first-order valence-electron chi connectivity index (χ1n) is 10.8. The maximum Gasteiger partial charge on any atom is 0.296 e. The average Bonchev–Trinajstić information content (AvgIpc) is 3.42. The molecule has 1 atom stereocenters. The van der Waals surface area contributed by atoms with Crippen LogP contribution in [0.15, 0.2) is 81.4 Å². The highest BCUT2D eigenvalue weighted by molar-refractivity contribution is 9.10. The van der Waals surface area contributed by atoms with Crippen LogP contribution in [0.3, 0.4) is 0 Å². The Morgan fingerprint density at radius 2 is 1.82 bits per heavy atom. The Bertz CT molecular complexity index is 1150. The van der Waals surface area contributed by atoms with Crippen LogP contribution < -0.4 is 4.74 Å². The minimum absolute atomic E-state index is 0.0496. The van der Waals surface area contributed by atoms with Crippen LogP contribution in [0.1, 0.15) is 42.7 Å². The molecule has 4 rings (SSSR count). The van der Waals surface area contributed by atoms with Gasteiger partial charge in [0.05, 0.1) is 31.0 Å². The standard InChI is InChI=1S/C26H24BrNO5/c1-2-3-14-32-20-12-8-17(9-13-20)23-22(24(29)18-6-10-19(27)11-7-18)25(30)26(31)28(23)16-21-5-4-15-33-21/h4-13,15,23,29H,2-3,14,16H2,1H3. The fourth-order valence-corrected chi connectivity index (χ4v) is 4.07. The Morgan fingerprint density at radius 1 is 1.09 bits per heavy atom. The van der Waals surface area contributed by atoms with Gasteiger partial charge in [0.15, 0.2) is 0 Å². The molecule has 3 aromatic rings. The van der Waals surface area contributed by atoms with Crippen LogP contribution in [-0.2, 0) is 16.1 Å². The molecule has 170 valence electrons. The number of unbranched alkanes of at least 4 members (excludes halogenated alkanes) is 1. The molecule has 1 amide bonds. The van der Waals surface area contributed by atoms with Crippen LogP contribution in [-0.4, -0.2) is 28.3 Å². The van der Waals surface area contributed by atoms with E-state index in [2.05, 4.69) is 22.9 Å². The summed E-state index contributed by atoms with van der Waals surface area (Å²) >= 11 is 3.37. The van der Waals surface area contributed by atoms with E-state index >= 15 is 0 Å². The number of aliphatic hydroxyl groups excluding tert-OH is 1. The fourth-order valence-electron chi connectivity index (χ4n) is 3.80. The summed E-state index contributed by atoms with van der Waals surface area (Å²) in [5.41, 5.74) is 1.20. The Morgan fingerprint density at radius 3 is 2.45 bits per heavy atom. The lowest BCUT2D eigenvalue weighted by Gasteiger charge is -2.24. The predicted molar refractivity (Wildman–Crippen MR) is 128 cm³/mol. The van der Waals surface area contributed by atoms with Crippen LogP contribution in [0.5, 0.6) is 5.75 Å². The van der Waals surface area contributed by atoms with E-state index in [1.165, 1.54) is 11.2 Å². The number of Topliss-reactive ketones (excluding diaryl/α,β-unsaturated/α-hetero) is 1. The van der Waals surface area contributed by atoms with E-state index in [1.54, 1.807) is 36.4 Å². The number of furan rings is 1. The Hall–Kier alpha value is -3.32. The first kappa shape index (κ1) is 22.9. The van der Waals surface area contributed by atoms with Gasteiger partial charge < -0.3 is 19.2 Å². The van der Waals surface area contributed by atoms with E-state index in [0.717, 1.165) is 17.3 Å². The highest BCUT2D eigenvalue weighted by atomic mass is 79.9. The Balaban J connectivity index is 1.75. The van der Waals surface area contributed by atoms with Gasteiger partial charge in [0, 0.05) is 10.0 Å². The molecule has 0 radical (unpaired) electrons. The van der Waals surface area contributed by atoms with E-state index < -0.39 is 17.7 Å². The summed E-state index contributed by atoms with van der Waals surface area (Å²) < 4.78 is 12.0. The molecule has 33 heavy (non-hydrogen) atoms. The molecule has 0 bridgehead atoms. The molecule has 6 nitrogen and oxygen atoms in total. The van der Waals surface area contributed by atoms with Crippen molar-refractivity contribution in [3.63, 3.8) is 0 Å². The molecule has 1 aliphatic heterocycles. The lowest BCUT2D eigenvalue weighted by Crippen LogP contribution is -2.29. The second kappa shape index (κ2) is 10.1. The number of benzene rings is 2. The Labute approximate surface area is 200 Å². The van der Waals surface area contributed by atoms with Gasteiger partial charge in [-0.25, -0.2) is 0 Å². The first-order chi connectivity index (χ1) is 16.0. The van der Waals surface area contributed by atoms with Crippen molar-refractivity contribution >= 4 is 33.4 Å². The molecule has 1 fully saturated rings. The Kier molecular flexibility index (Phi) is 6.99. The molecule has 2 heterocycles. The van der Waals surface area contributed by atoms with Gasteiger partial charge in [-0.05, 0) is 48.4 Å². The molecule has 7 heteroatoms. The number of hydrogen-bond acceptors (Lipinski definition) is 5. The number of amides is 1. The van der Waals surface area contributed by atoms with Crippen molar-refractivity contribution < 1.29 is 23.8 Å². The quantitative estimate of drug-likeness (QED) is 0.178. The molecule has 0 aliphatic carbocycles. The third kappa shape index (κ3) is 4.88. The van der Waals surface area contributed by atoms with Gasteiger partial charge in [0.2, 0.25) is 0 Å². The van der Waals surface area contributed by atoms with E-state index in [-0.39, 0.29) is 17.9 Å². The van der Waals surface area contributed by atoms with Crippen molar-refractivity contribution in [1.29, 1.82) is 0 Å². The van der Waals surface area contributed by atoms with Crippen molar-refractivity contribution in [3.8, 4) is 5.75 Å². The van der Waals surface area contributed by atoms with E-state index in [4.69, 9.17) is 9.15 Å². The number of rotatable bonds is 8. The summed E-state index contributed by atoms with van der Waals surface area (Å²) in [6, 6.07) is 16.9. The van der Waals surface area contributed by atoms with Gasteiger partial charge in [-0.3, -0.25) is 9.59 Å². The molecule has 0 spiro atoms. The largest absolute Gasteiger partial charge is 0.507 e. The molecular formula is C26H24BrNO5. The molecule has 1 N–H and O–H groups in total. The number of carbonyl (C=O) groups is 2. The maximum absolute atomic E-state index is 13.1. The van der Waals surface area contributed by atoms with E-state index in [9.17, 15) is 14.7 Å². The predicted octanol–water partition coefficient (Wildman–Crippen LogP) is 5.84. The second-order valence-corrected chi connectivity index (χ2v) is 8.70. The molecule has 0 saturated carbocycles. The smallest absolute Gasteiger partial charge is 0.296 e. The minimum atomic E-state index is -0.761. The van der Waals surface area contributed by atoms with Gasteiger partial charge in [-0.15, -0.1) is 0 Å². The SMILES string of the molecule is CCCCOc1ccc(C2C(=C(O)c3ccc(Br)cc3)C(=O)C(=O)N2Cc2ccco2)cc1. The summed E-state index contributed by atoms with van der Waals surface area (Å²) in [6.07, 6.45) is 3.51. The molecular weight excluding hydrogens is 486 g/mol. The average molecular weight is 510 g/mol. The highest BCUT2D eigenvalue weighted by Crippen LogP contribution is 2.40. The summed E-state index contributed by atoms with van der Waals surface area (Å²) in [6.45, 7) is 2.82. The summed E-state index contributed by atoms with van der Waals surface area (Å²) in [5.74, 6) is -0.363. The van der Waals surface area contributed by atoms with Crippen LogP contribution in [0.4, 0.5) is 0 Å². The molecule has 1 aromatic heterocycles. The van der Waals surface area contributed by atoms with Crippen molar-refractivity contribution in [2.75, 3.05) is 6.61 Å². The second-order valence-electron chi connectivity index (χ2n) is 7.78.